The molecule has 408 valence electrons. The number of anilines is 2. The number of rotatable bonds is 16. The molecular formula is C49H50ClF6N7O12S. The maximum atomic E-state index is 13.9. The van der Waals surface area contributed by atoms with Crippen LogP contribution in [-0.4, -0.2) is 142 Å². The normalized spacial score (nSPS) is 14.2. The van der Waals surface area contributed by atoms with Gasteiger partial charge in [-0.3, -0.25) is 29.5 Å². The van der Waals surface area contributed by atoms with Crippen LogP contribution < -0.4 is 25.0 Å². The van der Waals surface area contributed by atoms with Crippen molar-refractivity contribution in [1.29, 1.82) is 0 Å². The number of alkyl halides is 6. The lowest BCUT2D eigenvalue weighted by Crippen LogP contribution is -2.46. The van der Waals surface area contributed by atoms with Gasteiger partial charge in [-0.1, -0.05) is 54.1 Å². The maximum absolute atomic E-state index is 13.9. The van der Waals surface area contributed by atoms with Gasteiger partial charge >= 0.3 is 24.3 Å². The van der Waals surface area contributed by atoms with E-state index in [4.69, 9.17) is 40.9 Å². The molecule has 5 aromatic carbocycles. The van der Waals surface area contributed by atoms with Crippen molar-refractivity contribution in [1.82, 2.24) is 19.8 Å². The van der Waals surface area contributed by atoms with E-state index in [2.05, 4.69) is 42.2 Å². The molecular weight excluding hydrogens is 1060 g/mol. The summed E-state index contributed by atoms with van der Waals surface area (Å²) in [6.07, 6.45) is -9.45. The lowest BCUT2D eigenvalue weighted by molar-refractivity contribution is -0.384. The number of amides is 2. The zero-order valence-corrected chi connectivity index (χ0v) is 41.8. The number of carbonyl (C=O) groups is 4. The minimum Gasteiger partial charge on any atom is -0.475 e. The molecule has 2 aliphatic rings. The van der Waals surface area contributed by atoms with Crippen LogP contribution in [0.5, 0.6) is 11.5 Å². The summed E-state index contributed by atoms with van der Waals surface area (Å²) in [6.45, 7) is 7.74. The standard InChI is InChI=1S/C45H48ClN7O8S.2C2HF3O2/c1-47-44(54)33-7-4-8-37(28-33)61-43-29-36(52-22-20-51(21-23-52)31-34-6-2-3-9-39(34)32-10-12-35(46)13-11-32)14-16-40(43)45(55)49-62(58,59)38-15-17-41(42(30-38)53(56)57)48-18-5-19-50-24-26-60-27-25-50;2*3-2(4,5)1(6)7/h2-4,6-17,28-30,48H,5,18-27,31H2,1H3,(H,47,54)(H,49,55);2*(H,6,7). The van der Waals surface area contributed by atoms with Gasteiger partial charge in [0, 0.05) is 87.8 Å². The van der Waals surface area contributed by atoms with Gasteiger partial charge in [0.05, 0.1) is 28.6 Å². The van der Waals surface area contributed by atoms with Crippen molar-refractivity contribution >= 4 is 62.4 Å². The molecule has 27 heteroatoms. The van der Waals surface area contributed by atoms with E-state index in [0.29, 0.717) is 49.9 Å². The molecule has 0 bridgehead atoms. The smallest absolute Gasteiger partial charge is 0.475 e. The van der Waals surface area contributed by atoms with Crippen LogP contribution in [0.15, 0.2) is 114 Å². The van der Waals surface area contributed by atoms with Crippen LogP contribution in [0.3, 0.4) is 0 Å². The highest BCUT2D eigenvalue weighted by atomic mass is 35.5. The molecule has 5 aromatic rings. The number of sulfonamides is 1. The number of piperazine rings is 1. The van der Waals surface area contributed by atoms with Crippen molar-refractivity contribution in [2.45, 2.75) is 30.2 Å². The Labute approximate surface area is 436 Å². The molecule has 5 N–H and O–H groups in total. The van der Waals surface area contributed by atoms with Crippen molar-refractivity contribution in [3.05, 3.63) is 141 Å². The van der Waals surface area contributed by atoms with E-state index in [1.54, 1.807) is 30.3 Å². The number of halogens is 7. The first-order valence-corrected chi connectivity index (χ1v) is 24.7. The Bertz CT molecular complexity index is 2930. The molecule has 2 amide bonds. The average Bonchev–Trinajstić information content (AvgIpc) is 3.38. The van der Waals surface area contributed by atoms with Crippen molar-refractivity contribution in [3.8, 4) is 22.6 Å². The Kier molecular flexibility index (Phi) is 20.9. The second-order valence-corrected chi connectivity index (χ2v) is 18.6. The molecule has 0 atom stereocenters. The van der Waals surface area contributed by atoms with Crippen LogP contribution in [0, 0.1) is 10.1 Å². The topological polar surface area (TPSA) is 250 Å². The molecule has 2 fully saturated rings. The molecule has 2 aliphatic heterocycles. The number of nitro groups is 1. The number of morpholine rings is 1. The van der Waals surface area contributed by atoms with Gasteiger partial charge in [-0.25, -0.2) is 22.7 Å². The highest BCUT2D eigenvalue weighted by Crippen LogP contribution is 2.34. The molecule has 0 aliphatic carbocycles. The third-order valence-electron chi connectivity index (χ3n) is 11.3. The molecule has 0 saturated carbocycles. The predicted molar refractivity (Wildman–Crippen MR) is 266 cm³/mol. The van der Waals surface area contributed by atoms with Gasteiger partial charge in [0.1, 0.15) is 17.2 Å². The van der Waals surface area contributed by atoms with Gasteiger partial charge in [0.15, 0.2) is 0 Å². The summed E-state index contributed by atoms with van der Waals surface area (Å²) in [5, 5.41) is 32.6. The van der Waals surface area contributed by atoms with Gasteiger partial charge in [-0.15, -0.1) is 0 Å². The Morgan fingerprint density at radius 3 is 2.01 bits per heavy atom. The molecule has 0 radical (unpaired) electrons. The summed E-state index contributed by atoms with van der Waals surface area (Å²) in [7, 11) is -3.09. The molecule has 2 heterocycles. The first-order chi connectivity index (χ1) is 35.9. The first kappa shape index (κ1) is 59.4. The van der Waals surface area contributed by atoms with Gasteiger partial charge in [0.25, 0.3) is 27.5 Å². The molecule has 0 aromatic heterocycles. The minimum absolute atomic E-state index is 0.0474. The lowest BCUT2D eigenvalue weighted by Gasteiger charge is -2.36. The van der Waals surface area contributed by atoms with E-state index >= 15 is 0 Å². The van der Waals surface area contributed by atoms with Crippen LogP contribution >= 0.6 is 11.6 Å². The Morgan fingerprint density at radius 2 is 1.41 bits per heavy atom. The van der Waals surface area contributed by atoms with E-state index in [-0.39, 0.29) is 28.7 Å². The van der Waals surface area contributed by atoms with Gasteiger partial charge in [-0.2, -0.15) is 26.3 Å². The second kappa shape index (κ2) is 26.8. The van der Waals surface area contributed by atoms with Crippen LogP contribution in [0.25, 0.3) is 11.1 Å². The number of nitro benzene ring substituents is 1. The zero-order chi connectivity index (χ0) is 55.8. The summed E-state index contributed by atoms with van der Waals surface area (Å²) >= 11 is 6.15. The summed E-state index contributed by atoms with van der Waals surface area (Å²) < 4.78 is 104. The zero-order valence-electron chi connectivity index (χ0n) is 40.2. The number of hydrogen-bond acceptors (Lipinski definition) is 14. The van der Waals surface area contributed by atoms with Crippen LogP contribution in [0.2, 0.25) is 5.02 Å². The van der Waals surface area contributed by atoms with Crippen LogP contribution in [0.1, 0.15) is 32.7 Å². The van der Waals surface area contributed by atoms with Crippen LogP contribution in [0.4, 0.5) is 43.4 Å². The van der Waals surface area contributed by atoms with Crippen molar-refractivity contribution in [2.24, 2.45) is 0 Å². The Hall–Kier alpha value is -7.52. The highest BCUT2D eigenvalue weighted by Gasteiger charge is 2.39. The average molecular weight is 1110 g/mol. The number of hydrogen-bond donors (Lipinski definition) is 5. The van der Waals surface area contributed by atoms with E-state index < -0.39 is 55.7 Å². The fraction of sp³-hybridized carbons (Fsp3) is 0.306. The number of carbonyl (C=O) groups excluding carboxylic acids is 2. The van der Waals surface area contributed by atoms with E-state index in [1.807, 2.05) is 36.4 Å². The van der Waals surface area contributed by atoms with Crippen molar-refractivity contribution < 1.29 is 78.5 Å². The summed E-state index contributed by atoms with van der Waals surface area (Å²) in [6, 6.07) is 30.8. The number of nitrogens with zero attached hydrogens (tertiary/aromatic N) is 4. The molecule has 76 heavy (non-hydrogen) atoms. The molecule has 7 rings (SSSR count). The number of aliphatic carboxylic acids is 2. The van der Waals surface area contributed by atoms with E-state index in [0.717, 1.165) is 62.1 Å². The summed E-state index contributed by atoms with van der Waals surface area (Å²) in [4.78, 5) is 61.9. The first-order valence-electron chi connectivity index (χ1n) is 22.8. The van der Waals surface area contributed by atoms with E-state index in [9.17, 15) is 54.5 Å². The predicted octanol–water partition coefficient (Wildman–Crippen LogP) is 7.91. The fourth-order valence-corrected chi connectivity index (χ4v) is 8.60. The number of carboxylic acids is 2. The SMILES string of the molecule is CNC(=O)c1cccc(Oc2cc(N3CCN(Cc4ccccc4-c4ccc(Cl)cc4)CC3)ccc2C(=O)NS(=O)(=O)c2ccc(NCCCN3CCOCC3)c([N+](=O)[O-])c2)c1.O=C(O)C(F)(F)F.O=C(O)C(F)(F)F. The maximum Gasteiger partial charge on any atom is 0.490 e. The van der Waals surface area contributed by atoms with Crippen molar-refractivity contribution in [3.63, 3.8) is 0 Å². The third kappa shape index (κ3) is 17.5. The number of nitrogens with one attached hydrogen (secondary N) is 3. The van der Waals surface area contributed by atoms with Crippen LogP contribution in [-0.2, 0) is 30.9 Å². The minimum atomic E-state index is -5.08. The Balaban J connectivity index is 0.000000671. The molecule has 0 unspecified atom stereocenters. The third-order valence-corrected chi connectivity index (χ3v) is 12.9. The Morgan fingerprint density at radius 1 is 0.776 bits per heavy atom. The largest absolute Gasteiger partial charge is 0.490 e. The van der Waals surface area contributed by atoms with E-state index in [1.165, 1.54) is 36.9 Å². The van der Waals surface area contributed by atoms with Gasteiger partial charge in [0.2, 0.25) is 0 Å². The fourth-order valence-electron chi connectivity index (χ4n) is 7.49. The summed E-state index contributed by atoms with van der Waals surface area (Å²) in [5.41, 5.74) is 4.10. The quantitative estimate of drug-likeness (QED) is 0.0272. The summed E-state index contributed by atoms with van der Waals surface area (Å²) in [5.74, 6) is -6.57. The molecule has 2 saturated heterocycles. The number of ether oxygens (including phenoxy) is 2. The molecule has 0 spiro atoms. The second-order valence-electron chi connectivity index (χ2n) is 16.5. The number of benzene rings is 5. The van der Waals surface area contributed by atoms with Gasteiger partial charge in [-0.05, 0) is 84.3 Å². The lowest BCUT2D eigenvalue weighted by atomic mass is 9.99. The van der Waals surface area contributed by atoms with Gasteiger partial charge < -0.3 is 35.2 Å². The highest BCUT2D eigenvalue weighted by molar-refractivity contribution is 7.90. The number of carboxylic acid groups (broad SMARTS) is 2. The molecule has 19 nitrogen and oxygen atoms in total. The van der Waals surface area contributed by atoms with Crippen molar-refractivity contribution in [2.75, 3.05) is 82.8 Å². The monoisotopic (exact) mass is 1110 g/mol.